The van der Waals surface area contributed by atoms with Crippen LogP contribution in [0.2, 0.25) is 0 Å². The minimum absolute atomic E-state index is 0.491. The highest BCUT2D eigenvalue weighted by Gasteiger charge is 2.23. The van der Waals surface area contributed by atoms with E-state index in [1.165, 1.54) is 24.8 Å². The standard InChI is InChI=1S/C14H21BrN2/c1-14(2)6-3-8-17(9-7-14)13-5-4-12(10-15)11-16-13/h4-5,11H,3,6-10H2,1-2H3. The van der Waals surface area contributed by atoms with E-state index in [1.54, 1.807) is 0 Å². The van der Waals surface area contributed by atoms with E-state index in [4.69, 9.17) is 0 Å². The minimum atomic E-state index is 0.491. The first-order valence-electron chi connectivity index (χ1n) is 6.37. The van der Waals surface area contributed by atoms with Crippen LogP contribution in [0.1, 0.15) is 38.7 Å². The van der Waals surface area contributed by atoms with Crippen LogP contribution in [-0.4, -0.2) is 18.1 Å². The minimum Gasteiger partial charge on any atom is -0.357 e. The van der Waals surface area contributed by atoms with Crippen LogP contribution in [0.15, 0.2) is 18.3 Å². The van der Waals surface area contributed by atoms with Gasteiger partial charge in [-0.15, -0.1) is 0 Å². The third kappa shape index (κ3) is 3.44. The molecule has 2 heterocycles. The molecule has 0 spiro atoms. The van der Waals surface area contributed by atoms with E-state index < -0.39 is 0 Å². The molecule has 1 aromatic rings. The quantitative estimate of drug-likeness (QED) is 0.767. The van der Waals surface area contributed by atoms with Gasteiger partial charge in [0.15, 0.2) is 0 Å². The fourth-order valence-corrected chi connectivity index (χ4v) is 2.67. The van der Waals surface area contributed by atoms with E-state index in [-0.39, 0.29) is 0 Å². The van der Waals surface area contributed by atoms with Crippen molar-refractivity contribution in [2.75, 3.05) is 18.0 Å². The summed E-state index contributed by atoms with van der Waals surface area (Å²) < 4.78 is 0. The number of hydrogen-bond donors (Lipinski definition) is 0. The summed E-state index contributed by atoms with van der Waals surface area (Å²) in [6.07, 6.45) is 5.83. The van der Waals surface area contributed by atoms with Crippen molar-refractivity contribution in [3.05, 3.63) is 23.9 Å². The average Bonchev–Trinajstić information content (AvgIpc) is 2.50. The molecule has 3 heteroatoms. The fourth-order valence-electron chi connectivity index (χ4n) is 2.33. The summed E-state index contributed by atoms with van der Waals surface area (Å²) in [5.74, 6) is 1.13. The molecule has 0 unspecified atom stereocenters. The molecule has 0 bridgehead atoms. The first-order chi connectivity index (χ1) is 8.11. The van der Waals surface area contributed by atoms with Crippen LogP contribution in [0.25, 0.3) is 0 Å². The zero-order valence-electron chi connectivity index (χ0n) is 10.7. The molecule has 0 radical (unpaired) electrons. The van der Waals surface area contributed by atoms with Crippen molar-refractivity contribution in [1.29, 1.82) is 0 Å². The number of alkyl halides is 1. The van der Waals surface area contributed by atoms with Crippen molar-refractivity contribution in [1.82, 2.24) is 4.98 Å². The molecule has 1 saturated heterocycles. The largest absolute Gasteiger partial charge is 0.357 e. The second-order valence-electron chi connectivity index (χ2n) is 5.66. The molecule has 0 saturated carbocycles. The molecule has 0 aromatic carbocycles. The van der Waals surface area contributed by atoms with E-state index in [9.17, 15) is 0 Å². The highest BCUT2D eigenvalue weighted by Crippen LogP contribution is 2.31. The number of anilines is 1. The van der Waals surface area contributed by atoms with Gasteiger partial charge in [-0.3, -0.25) is 0 Å². The van der Waals surface area contributed by atoms with Gasteiger partial charge >= 0.3 is 0 Å². The Morgan fingerprint density at radius 2 is 2.12 bits per heavy atom. The highest BCUT2D eigenvalue weighted by molar-refractivity contribution is 9.08. The fraction of sp³-hybridized carbons (Fsp3) is 0.643. The maximum atomic E-state index is 4.56. The van der Waals surface area contributed by atoms with E-state index in [1.807, 2.05) is 6.20 Å². The number of halogens is 1. The summed E-state index contributed by atoms with van der Waals surface area (Å²) >= 11 is 3.45. The first-order valence-corrected chi connectivity index (χ1v) is 7.49. The van der Waals surface area contributed by atoms with Crippen LogP contribution < -0.4 is 4.90 Å². The molecule has 2 nitrogen and oxygen atoms in total. The summed E-state index contributed by atoms with van der Waals surface area (Å²) in [4.78, 5) is 6.98. The lowest BCUT2D eigenvalue weighted by atomic mass is 9.85. The molecule has 0 N–H and O–H groups in total. The summed E-state index contributed by atoms with van der Waals surface area (Å²) in [5.41, 5.74) is 1.73. The summed E-state index contributed by atoms with van der Waals surface area (Å²) in [6, 6.07) is 4.31. The Bertz CT molecular complexity index is 359. The van der Waals surface area contributed by atoms with E-state index in [0.717, 1.165) is 24.2 Å². The molecule has 17 heavy (non-hydrogen) atoms. The third-order valence-corrected chi connectivity index (χ3v) is 4.27. The van der Waals surface area contributed by atoms with Crippen LogP contribution >= 0.6 is 15.9 Å². The zero-order chi connectivity index (χ0) is 12.3. The monoisotopic (exact) mass is 296 g/mol. The third-order valence-electron chi connectivity index (χ3n) is 3.63. The van der Waals surface area contributed by atoms with Crippen LogP contribution in [0.5, 0.6) is 0 Å². The SMILES string of the molecule is CC1(C)CCCN(c2ccc(CBr)cn2)CC1. The van der Waals surface area contributed by atoms with Crippen LogP contribution in [-0.2, 0) is 5.33 Å². The lowest BCUT2D eigenvalue weighted by Gasteiger charge is -2.24. The number of rotatable bonds is 2. The van der Waals surface area contributed by atoms with Crippen molar-refractivity contribution in [2.24, 2.45) is 5.41 Å². The molecule has 0 atom stereocenters. The number of nitrogens with zero attached hydrogens (tertiary/aromatic N) is 2. The normalized spacial score (nSPS) is 20.1. The molecule has 1 aromatic heterocycles. The Morgan fingerprint density at radius 1 is 1.29 bits per heavy atom. The molecule has 1 fully saturated rings. The predicted octanol–water partition coefficient (Wildman–Crippen LogP) is 3.99. The summed E-state index contributed by atoms with van der Waals surface area (Å²) in [5, 5.41) is 0.882. The van der Waals surface area contributed by atoms with Gasteiger partial charge in [-0.05, 0) is 36.3 Å². The topological polar surface area (TPSA) is 16.1 Å². The molecular weight excluding hydrogens is 276 g/mol. The highest BCUT2D eigenvalue weighted by atomic mass is 79.9. The van der Waals surface area contributed by atoms with Crippen molar-refractivity contribution < 1.29 is 0 Å². The van der Waals surface area contributed by atoms with Gasteiger partial charge in [-0.25, -0.2) is 4.98 Å². The maximum absolute atomic E-state index is 4.56. The van der Waals surface area contributed by atoms with Gasteiger partial charge in [0, 0.05) is 24.6 Å². The van der Waals surface area contributed by atoms with E-state index in [2.05, 4.69) is 51.8 Å². The van der Waals surface area contributed by atoms with Gasteiger partial charge in [0.25, 0.3) is 0 Å². The van der Waals surface area contributed by atoms with Gasteiger partial charge in [0.2, 0.25) is 0 Å². The second kappa shape index (κ2) is 5.38. The number of aromatic nitrogens is 1. The van der Waals surface area contributed by atoms with E-state index in [0.29, 0.717) is 5.41 Å². The van der Waals surface area contributed by atoms with Crippen molar-refractivity contribution in [3.8, 4) is 0 Å². The van der Waals surface area contributed by atoms with Gasteiger partial charge in [0.05, 0.1) is 0 Å². The molecule has 1 aliphatic rings. The Hall–Kier alpha value is -0.570. The predicted molar refractivity (Wildman–Crippen MR) is 76.7 cm³/mol. The summed E-state index contributed by atoms with van der Waals surface area (Å²) in [6.45, 7) is 7.02. The van der Waals surface area contributed by atoms with Crippen LogP contribution in [0.4, 0.5) is 5.82 Å². The van der Waals surface area contributed by atoms with Crippen molar-refractivity contribution >= 4 is 21.7 Å². The smallest absolute Gasteiger partial charge is 0.128 e. The Kier molecular flexibility index (Phi) is 4.08. The molecular formula is C14H21BrN2. The van der Waals surface area contributed by atoms with Crippen molar-refractivity contribution in [3.63, 3.8) is 0 Å². The lowest BCUT2D eigenvalue weighted by Crippen LogP contribution is -2.25. The zero-order valence-corrected chi connectivity index (χ0v) is 12.3. The Labute approximate surface area is 113 Å². The second-order valence-corrected chi connectivity index (χ2v) is 6.22. The molecule has 0 amide bonds. The van der Waals surface area contributed by atoms with Crippen LogP contribution in [0, 0.1) is 5.41 Å². The molecule has 1 aliphatic heterocycles. The summed E-state index contributed by atoms with van der Waals surface area (Å²) in [7, 11) is 0. The maximum Gasteiger partial charge on any atom is 0.128 e. The lowest BCUT2D eigenvalue weighted by molar-refractivity contribution is 0.325. The van der Waals surface area contributed by atoms with Gasteiger partial charge in [0.1, 0.15) is 5.82 Å². The number of hydrogen-bond acceptors (Lipinski definition) is 2. The van der Waals surface area contributed by atoms with Gasteiger partial charge < -0.3 is 4.90 Å². The average molecular weight is 297 g/mol. The van der Waals surface area contributed by atoms with Gasteiger partial charge in [-0.1, -0.05) is 35.8 Å². The molecule has 0 aliphatic carbocycles. The Morgan fingerprint density at radius 3 is 2.76 bits per heavy atom. The first kappa shape index (κ1) is 12.9. The van der Waals surface area contributed by atoms with E-state index >= 15 is 0 Å². The number of pyridine rings is 1. The van der Waals surface area contributed by atoms with Crippen LogP contribution in [0.3, 0.4) is 0 Å². The Balaban J connectivity index is 2.06. The van der Waals surface area contributed by atoms with Gasteiger partial charge in [-0.2, -0.15) is 0 Å². The molecule has 94 valence electrons. The molecule has 2 rings (SSSR count). The van der Waals surface area contributed by atoms with Crippen molar-refractivity contribution in [2.45, 2.75) is 38.4 Å².